The molecule has 2 aromatic carbocycles. The maximum absolute atomic E-state index is 16.5. The molecule has 246 valence electrons. The molecule has 1 aliphatic heterocycles. The van der Waals surface area contributed by atoms with Crippen molar-refractivity contribution < 1.29 is 32.8 Å². The average molecular weight is 694 g/mol. The molecule has 0 amide bonds. The number of nitrogens with one attached hydrogen (secondary N) is 1. The molecule has 46 heavy (non-hydrogen) atoms. The largest absolute Gasteiger partial charge is 0.462 e. The second-order valence-corrected chi connectivity index (χ2v) is 15.1. The zero-order valence-electron chi connectivity index (χ0n) is 25.6. The number of ether oxygens (including phenoxy) is 2. The van der Waals surface area contributed by atoms with Crippen LogP contribution in [0.25, 0.3) is 21.9 Å². The van der Waals surface area contributed by atoms with Crippen molar-refractivity contribution in [2.24, 2.45) is 0 Å². The van der Waals surface area contributed by atoms with Crippen LogP contribution in [0.2, 0.25) is 0 Å². The van der Waals surface area contributed by atoms with E-state index in [0.717, 1.165) is 10.8 Å². The molecular weight excluding hydrogens is 660 g/mol. The smallest absolute Gasteiger partial charge is 0.323 e. The summed E-state index contributed by atoms with van der Waals surface area (Å²) in [5.41, 5.74) is 2.54. The number of imidazole rings is 1. The van der Waals surface area contributed by atoms with Gasteiger partial charge in [0.25, 0.3) is 0 Å². The number of nitrogens with two attached hydrogens (primary N) is 1. The lowest BCUT2D eigenvalue weighted by molar-refractivity contribution is -0.149. The molecule has 1 aliphatic carbocycles. The van der Waals surface area contributed by atoms with Gasteiger partial charge in [0.1, 0.15) is 23.5 Å². The SMILES string of the molecule is CC(C)OC(=O)[C@@H](C)N[P@@](=S)(Oc1cccc2ccccc12)OC1[C@@]2(CCl)O[C@@H](n3cnc4c(N(C)C)nc(N)nc43)[C@H](F)[C@@]12O. The van der Waals surface area contributed by atoms with E-state index in [1.165, 1.54) is 10.9 Å². The number of rotatable bonds is 11. The number of anilines is 2. The van der Waals surface area contributed by atoms with Crippen LogP contribution < -0.4 is 20.2 Å². The van der Waals surface area contributed by atoms with Gasteiger partial charge in [-0.25, -0.2) is 14.5 Å². The molecule has 0 spiro atoms. The molecule has 2 fully saturated rings. The molecule has 6 rings (SSSR count). The lowest BCUT2D eigenvalue weighted by atomic mass is 10.1. The number of benzene rings is 2. The van der Waals surface area contributed by atoms with Gasteiger partial charge in [-0.15, -0.1) is 11.6 Å². The predicted molar refractivity (Wildman–Crippen MR) is 175 cm³/mol. The number of nitrogens with zero attached hydrogens (tertiary/aromatic N) is 5. The third-order valence-electron chi connectivity index (χ3n) is 8.01. The highest BCUT2D eigenvalue weighted by molar-refractivity contribution is 8.09. The monoisotopic (exact) mass is 693 g/mol. The van der Waals surface area contributed by atoms with Gasteiger partial charge >= 0.3 is 12.6 Å². The Balaban J connectivity index is 1.33. The molecule has 1 saturated carbocycles. The molecule has 4 aromatic rings. The Kier molecular flexibility index (Phi) is 8.41. The van der Waals surface area contributed by atoms with Gasteiger partial charge in [-0.2, -0.15) is 9.97 Å². The van der Waals surface area contributed by atoms with Crippen LogP contribution in [0.15, 0.2) is 48.8 Å². The fourth-order valence-electron chi connectivity index (χ4n) is 5.74. The van der Waals surface area contributed by atoms with Crippen molar-refractivity contribution in [2.45, 2.75) is 62.6 Å². The Labute approximate surface area is 274 Å². The molecule has 1 saturated heterocycles. The molecule has 0 bridgehead atoms. The third kappa shape index (κ3) is 5.27. The molecule has 7 atom stereocenters. The van der Waals surface area contributed by atoms with Crippen LogP contribution in [0.4, 0.5) is 16.2 Å². The zero-order chi connectivity index (χ0) is 33.2. The van der Waals surface area contributed by atoms with E-state index in [1.54, 1.807) is 51.9 Å². The summed E-state index contributed by atoms with van der Waals surface area (Å²) in [5, 5.41) is 16.4. The van der Waals surface area contributed by atoms with E-state index in [9.17, 15) is 9.90 Å². The van der Waals surface area contributed by atoms with E-state index in [1.807, 2.05) is 30.3 Å². The third-order valence-corrected chi connectivity index (χ3v) is 10.8. The van der Waals surface area contributed by atoms with Gasteiger partial charge in [-0.05, 0) is 44.0 Å². The maximum atomic E-state index is 16.5. The first-order valence-corrected chi connectivity index (χ1v) is 17.6. The van der Waals surface area contributed by atoms with Crippen molar-refractivity contribution in [3.63, 3.8) is 0 Å². The van der Waals surface area contributed by atoms with Crippen molar-refractivity contribution in [3.8, 4) is 5.75 Å². The summed E-state index contributed by atoms with van der Waals surface area (Å²) < 4.78 is 42.0. The first-order valence-electron chi connectivity index (χ1n) is 14.5. The quantitative estimate of drug-likeness (QED) is 0.118. The van der Waals surface area contributed by atoms with E-state index >= 15 is 4.39 Å². The number of hydrogen-bond acceptors (Lipinski definition) is 12. The van der Waals surface area contributed by atoms with Crippen molar-refractivity contribution in [1.82, 2.24) is 24.6 Å². The minimum Gasteiger partial charge on any atom is -0.462 e. The van der Waals surface area contributed by atoms with Crippen molar-refractivity contribution in [3.05, 3.63) is 48.8 Å². The minimum absolute atomic E-state index is 0.0500. The molecular formula is C29H34ClFN7O6PS. The number of halogens is 2. The van der Waals surface area contributed by atoms with Crippen LogP contribution in [-0.2, 0) is 30.6 Å². The predicted octanol–water partition coefficient (Wildman–Crippen LogP) is 3.84. The van der Waals surface area contributed by atoms with Crippen LogP contribution in [0.1, 0.15) is 27.0 Å². The second kappa shape index (κ2) is 11.8. The van der Waals surface area contributed by atoms with Gasteiger partial charge in [0, 0.05) is 19.5 Å². The average Bonchev–Trinajstić information content (AvgIpc) is 3.23. The molecule has 3 heterocycles. The summed E-state index contributed by atoms with van der Waals surface area (Å²) in [6, 6.07) is 11.9. The standard InChI is InChI=1S/C29H34ClFN7O6PS/c1-15(2)41-25(39)16(3)36-45(46,43-19-12-8-10-17-9-6-7-11-18(17)19)44-26-28(13-30)29(26,40)21(31)24(42-28)38-14-33-20-22(37(4)5)34-27(32)35-23(20)38/h6-12,14-16,21,24,26,40H,13H2,1-5H3,(H,36,46)(H2,32,34,35)/t16-,21+,24-,26?,28-,29-,45-/m1/s1. The van der Waals surface area contributed by atoms with Crippen LogP contribution in [-0.4, -0.2) is 86.2 Å². The number of nitrogen functional groups attached to an aromatic ring is 1. The Bertz CT molecular complexity index is 1860. The van der Waals surface area contributed by atoms with Gasteiger partial charge in [0.15, 0.2) is 35.0 Å². The number of aromatic nitrogens is 4. The first kappa shape index (κ1) is 32.8. The number of esters is 1. The number of carbonyl (C=O) groups is 1. The lowest BCUT2D eigenvalue weighted by Crippen LogP contribution is -2.38. The van der Waals surface area contributed by atoms with E-state index in [2.05, 4.69) is 20.0 Å². The molecule has 0 radical (unpaired) electrons. The van der Waals surface area contributed by atoms with Crippen LogP contribution in [0.5, 0.6) is 5.75 Å². The Morgan fingerprint density at radius 1 is 1.26 bits per heavy atom. The molecule has 2 aromatic heterocycles. The van der Waals surface area contributed by atoms with Gasteiger partial charge in [-0.3, -0.25) is 13.9 Å². The lowest BCUT2D eigenvalue weighted by Gasteiger charge is -2.30. The van der Waals surface area contributed by atoms with Crippen molar-refractivity contribution in [1.29, 1.82) is 0 Å². The van der Waals surface area contributed by atoms with E-state index in [0.29, 0.717) is 17.1 Å². The number of carbonyl (C=O) groups excluding carboxylic acids is 1. The van der Waals surface area contributed by atoms with Gasteiger partial charge in [0.05, 0.1) is 18.3 Å². The summed E-state index contributed by atoms with van der Waals surface area (Å²) in [6.45, 7) is 1.22. The number of aliphatic hydroxyl groups is 1. The highest BCUT2D eigenvalue weighted by Crippen LogP contribution is 2.69. The fourth-order valence-corrected chi connectivity index (χ4v) is 8.89. The molecule has 2 aliphatic rings. The Morgan fingerprint density at radius 2 is 1.98 bits per heavy atom. The number of fused-ring (bicyclic) bond motifs is 3. The van der Waals surface area contributed by atoms with Crippen LogP contribution in [0, 0.1) is 0 Å². The van der Waals surface area contributed by atoms with Gasteiger partial charge in [0.2, 0.25) is 5.95 Å². The molecule has 17 heteroatoms. The van der Waals surface area contributed by atoms with E-state index in [4.69, 9.17) is 47.7 Å². The summed E-state index contributed by atoms with van der Waals surface area (Å²) in [7, 11) is 3.52. The summed E-state index contributed by atoms with van der Waals surface area (Å²) >= 11 is 12.3. The van der Waals surface area contributed by atoms with Crippen molar-refractivity contribution in [2.75, 3.05) is 30.6 Å². The van der Waals surface area contributed by atoms with E-state index < -0.39 is 48.4 Å². The molecule has 1 unspecified atom stereocenters. The zero-order valence-corrected chi connectivity index (χ0v) is 28.1. The van der Waals surface area contributed by atoms with Crippen molar-refractivity contribution >= 4 is 69.7 Å². The fraction of sp³-hybridized carbons (Fsp3) is 0.448. The van der Waals surface area contributed by atoms with Crippen LogP contribution >= 0.6 is 18.2 Å². The Hall–Kier alpha value is -3.17. The summed E-state index contributed by atoms with van der Waals surface area (Å²) in [6.07, 6.45) is -3.87. The highest BCUT2D eigenvalue weighted by Gasteiger charge is 2.89. The first-order chi connectivity index (χ1) is 21.7. The maximum Gasteiger partial charge on any atom is 0.323 e. The second-order valence-electron chi connectivity index (χ2n) is 11.8. The van der Waals surface area contributed by atoms with Crippen LogP contribution in [0.3, 0.4) is 0 Å². The topological polar surface area (TPSA) is 159 Å². The van der Waals surface area contributed by atoms with Gasteiger partial charge < -0.3 is 29.7 Å². The van der Waals surface area contributed by atoms with Gasteiger partial charge in [-0.1, -0.05) is 36.4 Å². The minimum atomic E-state index is -3.76. The summed E-state index contributed by atoms with van der Waals surface area (Å²) in [4.78, 5) is 27.3. The highest BCUT2D eigenvalue weighted by atomic mass is 35.5. The van der Waals surface area contributed by atoms with E-state index in [-0.39, 0.29) is 23.6 Å². The normalized spacial score (nSPS) is 27.4. The molecule has 13 nitrogen and oxygen atoms in total. The Morgan fingerprint density at radius 3 is 2.65 bits per heavy atom. The number of alkyl halides is 2. The molecule has 4 N–H and O–H groups in total. The summed E-state index contributed by atoms with van der Waals surface area (Å²) in [5.74, 6) is -0.210. The number of hydrogen-bond donors (Lipinski definition) is 3.